The van der Waals surface area contributed by atoms with Gasteiger partial charge in [-0.25, -0.2) is 0 Å². The first-order valence-corrected chi connectivity index (χ1v) is 7.19. The number of likely N-dealkylation sites (tertiary alicyclic amines) is 1. The minimum absolute atomic E-state index is 0.615. The maximum Gasteiger partial charge on any atom is 0.0866 e. The third-order valence-electron chi connectivity index (χ3n) is 4.32. The number of nitrogens with one attached hydrogen (secondary N) is 1. The van der Waals surface area contributed by atoms with Gasteiger partial charge in [0.2, 0.25) is 0 Å². The zero-order valence-electron chi connectivity index (χ0n) is 10.6. The van der Waals surface area contributed by atoms with E-state index in [0.717, 1.165) is 31.0 Å². The molecule has 94 valence electrons. The van der Waals surface area contributed by atoms with Gasteiger partial charge in [0.25, 0.3) is 0 Å². The van der Waals surface area contributed by atoms with E-state index in [-0.39, 0.29) is 0 Å². The van der Waals surface area contributed by atoms with Gasteiger partial charge in [-0.05, 0) is 37.5 Å². The molecule has 2 atom stereocenters. The van der Waals surface area contributed by atoms with Crippen molar-refractivity contribution in [1.82, 2.24) is 10.2 Å². The lowest BCUT2D eigenvalue weighted by molar-refractivity contribution is 0.145. The zero-order chi connectivity index (χ0) is 11.7. The van der Waals surface area contributed by atoms with E-state index in [9.17, 15) is 0 Å². The molecule has 17 heavy (non-hydrogen) atoms. The van der Waals surface area contributed by atoms with Gasteiger partial charge in [0, 0.05) is 25.2 Å². The van der Waals surface area contributed by atoms with Crippen molar-refractivity contribution in [1.29, 1.82) is 5.26 Å². The molecule has 0 aromatic carbocycles. The largest absolute Gasteiger partial charge is 0.310 e. The Morgan fingerprint density at radius 1 is 1.06 bits per heavy atom. The van der Waals surface area contributed by atoms with Crippen LogP contribution in [0, 0.1) is 23.2 Å². The first kappa shape index (κ1) is 11.5. The first-order chi connectivity index (χ1) is 8.33. The van der Waals surface area contributed by atoms with Crippen molar-refractivity contribution in [3.05, 3.63) is 0 Å². The molecule has 0 radical (unpaired) electrons. The Bertz CT molecular complexity index is 279. The minimum Gasteiger partial charge on any atom is -0.310 e. The van der Waals surface area contributed by atoms with Crippen molar-refractivity contribution >= 4 is 0 Å². The molecule has 3 rings (SSSR count). The quantitative estimate of drug-likeness (QED) is 0.735. The van der Waals surface area contributed by atoms with E-state index >= 15 is 0 Å². The third-order valence-corrected chi connectivity index (χ3v) is 4.32. The fraction of sp³-hybridized carbons (Fsp3) is 0.929. The zero-order valence-corrected chi connectivity index (χ0v) is 10.6. The number of piperidine rings is 1. The lowest BCUT2D eigenvalue weighted by Gasteiger charge is -2.37. The molecule has 2 unspecified atom stereocenters. The molecule has 3 heteroatoms. The Balaban J connectivity index is 1.53. The number of nitriles is 1. The Kier molecular flexibility index (Phi) is 3.35. The lowest BCUT2D eigenvalue weighted by atomic mass is 9.89. The second-order valence-corrected chi connectivity index (χ2v) is 6.27. The van der Waals surface area contributed by atoms with E-state index in [1.54, 1.807) is 0 Å². The van der Waals surface area contributed by atoms with Crippen LogP contribution in [0.25, 0.3) is 0 Å². The molecular formula is C14H23N3. The summed E-state index contributed by atoms with van der Waals surface area (Å²) >= 11 is 0. The molecule has 0 aromatic rings. The highest BCUT2D eigenvalue weighted by Crippen LogP contribution is 2.38. The smallest absolute Gasteiger partial charge is 0.0866 e. The summed E-state index contributed by atoms with van der Waals surface area (Å²) in [4.78, 5) is 2.36. The summed E-state index contributed by atoms with van der Waals surface area (Å²) in [6.07, 6.45) is 8.38. The van der Waals surface area contributed by atoms with Gasteiger partial charge in [-0.1, -0.05) is 12.8 Å². The van der Waals surface area contributed by atoms with Gasteiger partial charge >= 0.3 is 0 Å². The molecule has 0 bridgehead atoms. The van der Waals surface area contributed by atoms with E-state index in [1.165, 1.54) is 38.5 Å². The van der Waals surface area contributed by atoms with Crippen LogP contribution in [0.3, 0.4) is 0 Å². The van der Waals surface area contributed by atoms with E-state index in [1.807, 2.05) is 0 Å². The maximum absolute atomic E-state index is 8.87. The van der Waals surface area contributed by atoms with Gasteiger partial charge in [-0.3, -0.25) is 4.90 Å². The van der Waals surface area contributed by atoms with Gasteiger partial charge < -0.3 is 5.32 Å². The van der Waals surface area contributed by atoms with Crippen LogP contribution in [0.15, 0.2) is 0 Å². The molecule has 0 amide bonds. The Morgan fingerprint density at radius 3 is 2.53 bits per heavy atom. The van der Waals surface area contributed by atoms with Gasteiger partial charge in [-0.15, -0.1) is 0 Å². The van der Waals surface area contributed by atoms with Gasteiger partial charge in [0.1, 0.15) is 0 Å². The molecule has 0 aromatic heterocycles. The average Bonchev–Trinajstić information content (AvgIpc) is 3.14. The van der Waals surface area contributed by atoms with Crippen LogP contribution in [-0.2, 0) is 0 Å². The molecule has 3 aliphatic rings. The molecular weight excluding hydrogens is 210 g/mol. The highest BCUT2D eigenvalue weighted by atomic mass is 15.2. The fourth-order valence-electron chi connectivity index (χ4n) is 3.23. The van der Waals surface area contributed by atoms with Crippen molar-refractivity contribution in [3.8, 4) is 6.07 Å². The van der Waals surface area contributed by atoms with Crippen LogP contribution in [-0.4, -0.2) is 36.6 Å². The van der Waals surface area contributed by atoms with E-state index < -0.39 is 0 Å². The standard InChI is InChI=1S/C14H23N3/c15-5-6-17-9-12(7-11-1-2-11)8-14(10-17)16-13-3-4-13/h11-14,16H,1-4,6-10H2. The molecule has 2 saturated carbocycles. The SMILES string of the molecule is N#CCN1CC(CC2CC2)CC(NC2CC2)C1. The van der Waals surface area contributed by atoms with E-state index in [2.05, 4.69) is 16.3 Å². The van der Waals surface area contributed by atoms with E-state index in [4.69, 9.17) is 5.26 Å². The molecule has 1 saturated heterocycles. The lowest BCUT2D eigenvalue weighted by Crippen LogP contribution is -2.50. The summed E-state index contributed by atoms with van der Waals surface area (Å²) in [6, 6.07) is 3.76. The fourth-order valence-corrected chi connectivity index (χ4v) is 3.23. The number of hydrogen-bond donors (Lipinski definition) is 1. The van der Waals surface area contributed by atoms with Crippen LogP contribution in [0.5, 0.6) is 0 Å². The normalized spacial score (nSPS) is 34.5. The summed E-state index contributed by atoms with van der Waals surface area (Å²) in [6.45, 7) is 2.86. The van der Waals surface area contributed by atoms with Crippen molar-refractivity contribution in [2.24, 2.45) is 11.8 Å². The minimum atomic E-state index is 0.615. The van der Waals surface area contributed by atoms with Crippen molar-refractivity contribution in [3.63, 3.8) is 0 Å². The van der Waals surface area contributed by atoms with Crippen LogP contribution in [0.1, 0.15) is 38.5 Å². The Morgan fingerprint density at radius 2 is 1.88 bits per heavy atom. The number of hydrogen-bond acceptors (Lipinski definition) is 3. The second-order valence-electron chi connectivity index (χ2n) is 6.27. The maximum atomic E-state index is 8.87. The Labute approximate surface area is 104 Å². The first-order valence-electron chi connectivity index (χ1n) is 7.19. The van der Waals surface area contributed by atoms with Crippen molar-refractivity contribution in [2.45, 2.75) is 50.6 Å². The summed E-state index contributed by atoms with van der Waals surface area (Å²) in [7, 11) is 0. The molecule has 1 heterocycles. The second kappa shape index (κ2) is 4.96. The highest BCUT2D eigenvalue weighted by Gasteiger charge is 2.34. The van der Waals surface area contributed by atoms with Crippen LogP contribution in [0.4, 0.5) is 0 Å². The third kappa shape index (κ3) is 3.43. The van der Waals surface area contributed by atoms with Gasteiger partial charge in [0.15, 0.2) is 0 Å². The predicted octanol–water partition coefficient (Wildman–Crippen LogP) is 1.75. The topological polar surface area (TPSA) is 39.1 Å². The van der Waals surface area contributed by atoms with Gasteiger partial charge in [0.05, 0.1) is 12.6 Å². The molecule has 3 nitrogen and oxygen atoms in total. The summed E-state index contributed by atoms with van der Waals surface area (Å²) in [5.74, 6) is 1.85. The summed E-state index contributed by atoms with van der Waals surface area (Å²) in [5, 5.41) is 12.6. The van der Waals surface area contributed by atoms with Crippen LogP contribution in [0.2, 0.25) is 0 Å². The predicted molar refractivity (Wildman–Crippen MR) is 67.4 cm³/mol. The summed E-state index contributed by atoms with van der Waals surface area (Å²) < 4.78 is 0. The van der Waals surface area contributed by atoms with Crippen molar-refractivity contribution < 1.29 is 0 Å². The number of rotatable bonds is 5. The van der Waals surface area contributed by atoms with Gasteiger partial charge in [-0.2, -0.15) is 5.26 Å². The molecule has 1 aliphatic heterocycles. The van der Waals surface area contributed by atoms with Crippen LogP contribution >= 0.6 is 0 Å². The molecule has 3 fully saturated rings. The van der Waals surface area contributed by atoms with Crippen molar-refractivity contribution in [2.75, 3.05) is 19.6 Å². The van der Waals surface area contributed by atoms with Crippen LogP contribution < -0.4 is 5.32 Å². The summed E-state index contributed by atoms with van der Waals surface area (Å²) in [5.41, 5.74) is 0. The van der Waals surface area contributed by atoms with E-state index in [0.29, 0.717) is 12.6 Å². The monoisotopic (exact) mass is 233 g/mol. The molecule has 0 spiro atoms. The Hall–Kier alpha value is -0.590. The number of nitrogens with zero attached hydrogens (tertiary/aromatic N) is 2. The molecule has 2 aliphatic carbocycles. The molecule has 1 N–H and O–H groups in total. The highest BCUT2D eigenvalue weighted by molar-refractivity contribution is 4.93. The average molecular weight is 233 g/mol.